The number of aliphatic hydroxyl groups excluding tert-OH is 1. The van der Waals surface area contributed by atoms with Gasteiger partial charge in [-0.05, 0) is 22.9 Å². The van der Waals surface area contributed by atoms with Crippen molar-refractivity contribution in [2.45, 2.75) is 6.61 Å². The molecule has 2 aromatic carbocycles. The van der Waals surface area contributed by atoms with Gasteiger partial charge in [-0.25, -0.2) is 0 Å². The molecule has 0 fully saturated rings. The molecule has 0 saturated carbocycles. The van der Waals surface area contributed by atoms with Crippen LogP contribution in [0, 0.1) is 0 Å². The number of benzene rings is 2. The Kier molecular flexibility index (Phi) is 3.62. The molecular formula is C17H14N2O2. The third kappa shape index (κ3) is 2.61. The van der Waals surface area contributed by atoms with E-state index >= 15 is 0 Å². The van der Waals surface area contributed by atoms with Crippen molar-refractivity contribution in [1.82, 2.24) is 4.98 Å². The van der Waals surface area contributed by atoms with E-state index < -0.39 is 0 Å². The molecule has 0 aliphatic carbocycles. The molecule has 104 valence electrons. The first-order valence-electron chi connectivity index (χ1n) is 6.62. The number of aliphatic hydroxyl groups is 1. The zero-order chi connectivity index (χ0) is 14.7. The van der Waals surface area contributed by atoms with E-state index in [1.807, 2.05) is 36.4 Å². The van der Waals surface area contributed by atoms with Gasteiger partial charge in [-0.2, -0.15) is 0 Å². The summed E-state index contributed by atoms with van der Waals surface area (Å²) in [6.45, 7) is -0.145. The van der Waals surface area contributed by atoms with Crippen molar-refractivity contribution in [2.75, 3.05) is 5.32 Å². The zero-order valence-electron chi connectivity index (χ0n) is 11.3. The maximum atomic E-state index is 12.5. The van der Waals surface area contributed by atoms with E-state index in [0.29, 0.717) is 16.8 Å². The summed E-state index contributed by atoms with van der Waals surface area (Å²) in [5.74, 6) is -0.213. The third-order valence-corrected chi connectivity index (χ3v) is 3.36. The lowest BCUT2D eigenvalue weighted by Crippen LogP contribution is -2.14. The van der Waals surface area contributed by atoms with E-state index in [1.54, 1.807) is 18.3 Å². The van der Waals surface area contributed by atoms with E-state index in [1.165, 1.54) is 6.20 Å². The Labute approximate surface area is 122 Å². The Hall–Kier alpha value is -2.72. The lowest BCUT2D eigenvalue weighted by Gasteiger charge is -2.10. The number of pyridine rings is 1. The highest BCUT2D eigenvalue weighted by Crippen LogP contribution is 2.21. The molecule has 0 aliphatic rings. The number of fused-ring (bicyclic) bond motifs is 1. The summed E-state index contributed by atoms with van der Waals surface area (Å²) >= 11 is 0. The summed E-state index contributed by atoms with van der Waals surface area (Å²) in [5.41, 5.74) is 1.76. The molecule has 2 N–H and O–H groups in total. The van der Waals surface area contributed by atoms with Crippen molar-refractivity contribution in [1.29, 1.82) is 0 Å². The molecule has 1 heterocycles. The van der Waals surface area contributed by atoms with Crippen molar-refractivity contribution in [3.05, 3.63) is 72.1 Å². The van der Waals surface area contributed by atoms with Gasteiger partial charge in [0, 0.05) is 17.3 Å². The minimum atomic E-state index is -0.213. The summed E-state index contributed by atoms with van der Waals surface area (Å²) in [5, 5.41) is 14.0. The van der Waals surface area contributed by atoms with Crippen LogP contribution in [0.2, 0.25) is 0 Å². The van der Waals surface area contributed by atoms with Gasteiger partial charge in [-0.15, -0.1) is 0 Å². The third-order valence-electron chi connectivity index (χ3n) is 3.36. The van der Waals surface area contributed by atoms with Gasteiger partial charge in [-0.1, -0.05) is 36.4 Å². The van der Waals surface area contributed by atoms with Gasteiger partial charge in [0.1, 0.15) is 0 Å². The summed E-state index contributed by atoms with van der Waals surface area (Å²) in [6, 6.07) is 15.0. The molecule has 0 spiro atoms. The highest BCUT2D eigenvalue weighted by Gasteiger charge is 2.11. The molecule has 4 nitrogen and oxygen atoms in total. The number of rotatable bonds is 3. The van der Waals surface area contributed by atoms with Gasteiger partial charge >= 0.3 is 0 Å². The molecule has 21 heavy (non-hydrogen) atoms. The first-order valence-corrected chi connectivity index (χ1v) is 6.62. The molecule has 0 bridgehead atoms. The standard InChI is InChI=1S/C17H14N2O2/c20-11-13-8-9-18-10-16(13)19-17(21)15-7-3-5-12-4-1-2-6-14(12)15/h1-10,20H,11H2,(H,19,21). The molecule has 3 aromatic rings. The van der Waals surface area contributed by atoms with Crippen molar-refractivity contribution >= 4 is 22.4 Å². The molecule has 0 aliphatic heterocycles. The van der Waals surface area contributed by atoms with Crippen LogP contribution in [-0.2, 0) is 6.61 Å². The van der Waals surface area contributed by atoms with E-state index in [9.17, 15) is 9.90 Å². The van der Waals surface area contributed by atoms with Gasteiger partial charge in [0.2, 0.25) is 0 Å². The van der Waals surface area contributed by atoms with Gasteiger partial charge < -0.3 is 10.4 Å². The van der Waals surface area contributed by atoms with Crippen molar-refractivity contribution in [3.8, 4) is 0 Å². The topological polar surface area (TPSA) is 62.2 Å². The van der Waals surface area contributed by atoms with Crippen LogP contribution in [-0.4, -0.2) is 16.0 Å². The summed E-state index contributed by atoms with van der Waals surface area (Å²) < 4.78 is 0. The molecule has 4 heteroatoms. The first-order chi connectivity index (χ1) is 10.3. The highest BCUT2D eigenvalue weighted by atomic mass is 16.3. The van der Waals surface area contributed by atoms with Gasteiger partial charge in [0.15, 0.2) is 0 Å². The Bertz CT molecular complexity index is 794. The van der Waals surface area contributed by atoms with Gasteiger partial charge in [0.05, 0.1) is 18.5 Å². The molecule has 1 aromatic heterocycles. The second kappa shape index (κ2) is 5.73. The highest BCUT2D eigenvalue weighted by molar-refractivity contribution is 6.13. The maximum Gasteiger partial charge on any atom is 0.256 e. The number of carbonyl (C=O) groups excluding carboxylic acids is 1. The van der Waals surface area contributed by atoms with Crippen molar-refractivity contribution < 1.29 is 9.90 Å². The number of carbonyl (C=O) groups is 1. The molecule has 0 saturated heterocycles. The number of aromatic nitrogens is 1. The monoisotopic (exact) mass is 278 g/mol. The fraction of sp³-hybridized carbons (Fsp3) is 0.0588. The van der Waals surface area contributed by atoms with Crippen LogP contribution in [0.15, 0.2) is 60.9 Å². The summed E-state index contributed by atoms with van der Waals surface area (Å²) in [6.07, 6.45) is 3.12. The van der Waals surface area contributed by atoms with Crippen molar-refractivity contribution in [2.24, 2.45) is 0 Å². The minimum absolute atomic E-state index is 0.145. The van der Waals surface area contributed by atoms with Crippen LogP contribution in [0.5, 0.6) is 0 Å². The second-order valence-electron chi connectivity index (χ2n) is 4.67. The smallest absolute Gasteiger partial charge is 0.256 e. The first kappa shape index (κ1) is 13.3. The maximum absolute atomic E-state index is 12.5. The summed E-state index contributed by atoms with van der Waals surface area (Å²) in [4.78, 5) is 16.5. The van der Waals surface area contributed by atoms with Crippen LogP contribution >= 0.6 is 0 Å². The van der Waals surface area contributed by atoms with Crippen LogP contribution < -0.4 is 5.32 Å². The molecule has 3 rings (SSSR count). The fourth-order valence-corrected chi connectivity index (χ4v) is 2.29. The molecule has 0 atom stereocenters. The minimum Gasteiger partial charge on any atom is -0.392 e. The number of nitrogens with zero attached hydrogens (tertiary/aromatic N) is 1. The fourth-order valence-electron chi connectivity index (χ4n) is 2.29. The zero-order valence-corrected chi connectivity index (χ0v) is 11.3. The van der Waals surface area contributed by atoms with Crippen LogP contribution in [0.4, 0.5) is 5.69 Å². The quantitative estimate of drug-likeness (QED) is 0.774. The lowest BCUT2D eigenvalue weighted by atomic mass is 10.0. The normalized spacial score (nSPS) is 10.5. The SMILES string of the molecule is O=C(Nc1cnccc1CO)c1cccc2ccccc12. The van der Waals surface area contributed by atoms with Gasteiger partial charge in [0.25, 0.3) is 5.91 Å². The molecule has 0 radical (unpaired) electrons. The lowest BCUT2D eigenvalue weighted by molar-refractivity contribution is 0.102. The van der Waals surface area contributed by atoms with Gasteiger partial charge in [-0.3, -0.25) is 9.78 Å². The average molecular weight is 278 g/mol. The average Bonchev–Trinajstić information content (AvgIpc) is 2.54. The Balaban J connectivity index is 1.98. The number of hydrogen-bond donors (Lipinski definition) is 2. The van der Waals surface area contributed by atoms with Crippen LogP contribution in [0.1, 0.15) is 15.9 Å². The van der Waals surface area contributed by atoms with E-state index in [2.05, 4.69) is 10.3 Å². The number of anilines is 1. The number of hydrogen-bond acceptors (Lipinski definition) is 3. The van der Waals surface area contributed by atoms with E-state index in [0.717, 1.165) is 10.8 Å². The van der Waals surface area contributed by atoms with E-state index in [4.69, 9.17) is 0 Å². The Morgan fingerprint density at radius 1 is 1.10 bits per heavy atom. The Morgan fingerprint density at radius 2 is 1.90 bits per heavy atom. The molecular weight excluding hydrogens is 264 g/mol. The van der Waals surface area contributed by atoms with E-state index in [-0.39, 0.29) is 12.5 Å². The molecule has 1 amide bonds. The predicted molar refractivity (Wildman–Crippen MR) is 82.1 cm³/mol. The predicted octanol–water partition coefficient (Wildman–Crippen LogP) is 2.98. The molecule has 0 unspecified atom stereocenters. The van der Waals surface area contributed by atoms with Crippen LogP contribution in [0.25, 0.3) is 10.8 Å². The second-order valence-corrected chi connectivity index (χ2v) is 4.67. The van der Waals surface area contributed by atoms with Crippen LogP contribution in [0.3, 0.4) is 0 Å². The number of amides is 1. The largest absolute Gasteiger partial charge is 0.392 e. The van der Waals surface area contributed by atoms with Crippen molar-refractivity contribution in [3.63, 3.8) is 0 Å². The Morgan fingerprint density at radius 3 is 2.76 bits per heavy atom. The number of nitrogens with one attached hydrogen (secondary N) is 1. The summed E-state index contributed by atoms with van der Waals surface area (Å²) in [7, 11) is 0.